The molecule has 0 aliphatic heterocycles. The van der Waals surface area contributed by atoms with E-state index in [1.807, 2.05) is 20.8 Å². The van der Waals surface area contributed by atoms with Crippen molar-refractivity contribution >= 4 is 12.2 Å². The van der Waals surface area contributed by atoms with Crippen LogP contribution in [0, 0.1) is 18.5 Å². The first-order valence-electron chi connectivity index (χ1n) is 5.29. The van der Waals surface area contributed by atoms with E-state index in [0.29, 0.717) is 11.2 Å². The molecule has 1 unspecified atom stereocenters. The lowest BCUT2D eigenvalue weighted by molar-refractivity contribution is 0.0532. The number of aromatic nitrogens is 2. The van der Waals surface area contributed by atoms with Crippen LogP contribution in [0.4, 0.5) is 0 Å². The number of nitrogens with one attached hydrogen (secondary N) is 1. The average molecular weight is 226 g/mol. The quantitative estimate of drug-likeness (QED) is 0.801. The molecule has 0 aromatic carbocycles. The molecule has 1 N–H and O–H groups in total. The zero-order chi connectivity index (χ0) is 11.4. The molecular weight excluding hydrogens is 208 g/mol. The first kappa shape index (κ1) is 12.3. The van der Waals surface area contributed by atoms with E-state index in [-0.39, 0.29) is 6.10 Å². The Bertz CT molecular complexity index is 387. The fourth-order valence-corrected chi connectivity index (χ4v) is 1.66. The molecule has 15 heavy (non-hydrogen) atoms. The summed E-state index contributed by atoms with van der Waals surface area (Å²) in [5, 5.41) is 0. The molecule has 0 aliphatic carbocycles. The van der Waals surface area contributed by atoms with Gasteiger partial charge in [0.15, 0.2) is 0 Å². The molecule has 1 aromatic heterocycles. The van der Waals surface area contributed by atoms with Gasteiger partial charge in [0.1, 0.15) is 16.6 Å². The summed E-state index contributed by atoms with van der Waals surface area (Å²) in [6.07, 6.45) is 0.922. The second kappa shape index (κ2) is 5.37. The number of aromatic amines is 1. The van der Waals surface area contributed by atoms with Gasteiger partial charge in [0, 0.05) is 17.9 Å². The molecule has 0 bridgehead atoms. The standard InChI is InChI=1S/C11H18N2OS/c1-5-9(14-6-2)10-12-8(4)7(3)11(15)13-10/h9H,5-6H2,1-4H3,(H,12,13,15). The molecular formula is C11H18N2OS. The van der Waals surface area contributed by atoms with E-state index in [0.717, 1.165) is 23.5 Å². The van der Waals surface area contributed by atoms with Gasteiger partial charge in [0.25, 0.3) is 0 Å². The van der Waals surface area contributed by atoms with E-state index in [1.165, 1.54) is 0 Å². The Morgan fingerprint density at radius 2 is 2.07 bits per heavy atom. The highest BCUT2D eigenvalue weighted by molar-refractivity contribution is 7.71. The Balaban J connectivity index is 3.09. The van der Waals surface area contributed by atoms with Crippen molar-refractivity contribution in [3.63, 3.8) is 0 Å². The van der Waals surface area contributed by atoms with Gasteiger partial charge < -0.3 is 9.72 Å². The van der Waals surface area contributed by atoms with E-state index in [2.05, 4.69) is 16.9 Å². The maximum Gasteiger partial charge on any atom is 0.137 e. The third-order valence-corrected chi connectivity index (χ3v) is 2.86. The number of aryl methyl sites for hydroxylation is 1. The molecule has 1 atom stereocenters. The van der Waals surface area contributed by atoms with Crippen molar-refractivity contribution in [3.8, 4) is 0 Å². The van der Waals surface area contributed by atoms with Crippen molar-refractivity contribution in [2.45, 2.75) is 40.2 Å². The van der Waals surface area contributed by atoms with Crippen LogP contribution < -0.4 is 0 Å². The summed E-state index contributed by atoms with van der Waals surface area (Å²) >= 11 is 5.19. The number of nitrogens with zero attached hydrogens (tertiary/aromatic N) is 1. The first-order chi connectivity index (χ1) is 7.10. The van der Waals surface area contributed by atoms with Crippen LogP contribution in [0.1, 0.15) is 43.5 Å². The maximum atomic E-state index is 5.59. The van der Waals surface area contributed by atoms with Gasteiger partial charge in [-0.1, -0.05) is 19.1 Å². The van der Waals surface area contributed by atoms with Crippen LogP contribution >= 0.6 is 12.2 Å². The Kier molecular flexibility index (Phi) is 4.42. The number of ether oxygens (including phenoxy) is 1. The minimum absolute atomic E-state index is 0.0241. The highest BCUT2D eigenvalue weighted by atomic mass is 32.1. The molecule has 0 saturated carbocycles. The number of hydrogen-bond acceptors (Lipinski definition) is 3. The molecule has 1 heterocycles. The number of H-pyrrole nitrogens is 1. The summed E-state index contributed by atoms with van der Waals surface area (Å²) < 4.78 is 6.25. The van der Waals surface area contributed by atoms with Crippen LogP contribution in [-0.2, 0) is 4.74 Å². The summed E-state index contributed by atoms with van der Waals surface area (Å²) in [6, 6.07) is 0. The van der Waals surface area contributed by atoms with Crippen LogP contribution in [-0.4, -0.2) is 16.6 Å². The lowest BCUT2D eigenvalue weighted by Crippen LogP contribution is -2.09. The molecule has 0 radical (unpaired) electrons. The van der Waals surface area contributed by atoms with Gasteiger partial charge in [-0.15, -0.1) is 0 Å². The normalized spacial score (nSPS) is 12.8. The summed E-state index contributed by atoms with van der Waals surface area (Å²) in [6.45, 7) is 8.74. The third kappa shape index (κ3) is 2.86. The van der Waals surface area contributed by atoms with Crippen LogP contribution in [0.3, 0.4) is 0 Å². The molecule has 1 aromatic rings. The van der Waals surface area contributed by atoms with Crippen molar-refractivity contribution in [2.24, 2.45) is 0 Å². The SMILES string of the molecule is CCOC(CC)c1nc(=S)c(C)c(C)[nH]1. The molecule has 4 heteroatoms. The molecule has 0 aliphatic rings. The minimum Gasteiger partial charge on any atom is -0.371 e. The van der Waals surface area contributed by atoms with Crippen LogP contribution in [0.15, 0.2) is 0 Å². The number of hydrogen-bond donors (Lipinski definition) is 1. The Labute approximate surface area is 95.9 Å². The van der Waals surface area contributed by atoms with Gasteiger partial charge in [-0.25, -0.2) is 4.98 Å². The highest BCUT2D eigenvalue weighted by Gasteiger charge is 2.12. The Morgan fingerprint density at radius 3 is 2.53 bits per heavy atom. The largest absolute Gasteiger partial charge is 0.371 e. The summed E-state index contributed by atoms with van der Waals surface area (Å²) in [5.41, 5.74) is 2.11. The molecule has 84 valence electrons. The monoisotopic (exact) mass is 226 g/mol. The Hall–Kier alpha value is -0.740. The van der Waals surface area contributed by atoms with E-state index in [4.69, 9.17) is 17.0 Å². The predicted molar refractivity (Wildman–Crippen MR) is 63.6 cm³/mol. The van der Waals surface area contributed by atoms with E-state index < -0.39 is 0 Å². The lowest BCUT2D eigenvalue weighted by Gasteiger charge is -2.15. The zero-order valence-corrected chi connectivity index (χ0v) is 10.6. The third-order valence-electron chi connectivity index (χ3n) is 2.46. The maximum absolute atomic E-state index is 5.59. The lowest BCUT2D eigenvalue weighted by atomic mass is 10.2. The van der Waals surface area contributed by atoms with E-state index in [9.17, 15) is 0 Å². The summed E-state index contributed by atoms with van der Waals surface area (Å²) in [5.74, 6) is 0.840. The van der Waals surface area contributed by atoms with Crippen molar-refractivity contribution in [2.75, 3.05) is 6.61 Å². The molecule has 0 fully saturated rings. The summed E-state index contributed by atoms with van der Waals surface area (Å²) in [4.78, 5) is 7.61. The van der Waals surface area contributed by atoms with Crippen molar-refractivity contribution in [1.82, 2.24) is 9.97 Å². The van der Waals surface area contributed by atoms with Gasteiger partial charge >= 0.3 is 0 Å². The first-order valence-corrected chi connectivity index (χ1v) is 5.70. The Morgan fingerprint density at radius 1 is 1.40 bits per heavy atom. The molecule has 0 amide bonds. The highest BCUT2D eigenvalue weighted by Crippen LogP contribution is 2.18. The number of rotatable bonds is 4. The fourth-order valence-electron chi connectivity index (χ4n) is 1.41. The molecule has 0 saturated heterocycles. The molecule has 3 nitrogen and oxygen atoms in total. The van der Waals surface area contributed by atoms with Crippen molar-refractivity contribution in [3.05, 3.63) is 21.7 Å². The van der Waals surface area contributed by atoms with Gasteiger partial charge in [0.2, 0.25) is 0 Å². The smallest absolute Gasteiger partial charge is 0.137 e. The van der Waals surface area contributed by atoms with Crippen molar-refractivity contribution in [1.29, 1.82) is 0 Å². The minimum atomic E-state index is 0.0241. The van der Waals surface area contributed by atoms with E-state index >= 15 is 0 Å². The van der Waals surface area contributed by atoms with Gasteiger partial charge in [-0.05, 0) is 27.2 Å². The second-order valence-electron chi connectivity index (χ2n) is 3.53. The average Bonchev–Trinajstić information content (AvgIpc) is 2.22. The van der Waals surface area contributed by atoms with Crippen LogP contribution in [0.25, 0.3) is 0 Å². The fraction of sp³-hybridized carbons (Fsp3) is 0.636. The van der Waals surface area contributed by atoms with Gasteiger partial charge in [-0.2, -0.15) is 0 Å². The van der Waals surface area contributed by atoms with Crippen molar-refractivity contribution < 1.29 is 4.74 Å². The van der Waals surface area contributed by atoms with Crippen LogP contribution in [0.5, 0.6) is 0 Å². The van der Waals surface area contributed by atoms with Crippen LogP contribution in [0.2, 0.25) is 0 Å². The van der Waals surface area contributed by atoms with E-state index in [1.54, 1.807) is 0 Å². The molecule has 0 spiro atoms. The van der Waals surface area contributed by atoms with Gasteiger partial charge in [-0.3, -0.25) is 0 Å². The topological polar surface area (TPSA) is 37.9 Å². The summed E-state index contributed by atoms with van der Waals surface area (Å²) in [7, 11) is 0. The van der Waals surface area contributed by atoms with Gasteiger partial charge in [0.05, 0.1) is 0 Å². The molecule has 1 rings (SSSR count). The second-order valence-corrected chi connectivity index (χ2v) is 3.92. The predicted octanol–water partition coefficient (Wildman–Crippen LogP) is 3.24. The zero-order valence-electron chi connectivity index (χ0n) is 9.76.